The van der Waals surface area contributed by atoms with Gasteiger partial charge in [0, 0.05) is 6.20 Å². The topological polar surface area (TPSA) is 28.7 Å². The minimum atomic E-state index is 0.722. The molecule has 0 saturated heterocycles. The van der Waals surface area contributed by atoms with E-state index < -0.39 is 0 Å². The number of hydrogen-bond acceptors (Lipinski definition) is 2. The number of allylic oxidation sites excluding steroid dienone is 1. The Morgan fingerprint density at radius 3 is 2.79 bits per heavy atom. The molecule has 0 aliphatic heterocycles. The molecular weight excluding hydrogens is 192 g/mol. The maximum atomic E-state index is 4.31. The molecule has 76 valence electrons. The van der Waals surface area contributed by atoms with E-state index in [9.17, 15) is 0 Å². The highest BCUT2D eigenvalue weighted by Crippen LogP contribution is 2.29. The van der Waals surface area contributed by atoms with Gasteiger partial charge in [0.1, 0.15) is 0 Å². The van der Waals surface area contributed by atoms with Crippen LogP contribution in [0.5, 0.6) is 0 Å². The number of aromatic nitrogens is 2. The van der Waals surface area contributed by atoms with E-state index in [0.717, 1.165) is 23.2 Å². The van der Waals surface area contributed by atoms with Crippen LogP contribution in [0.3, 0.4) is 0 Å². The molecule has 14 heavy (non-hydrogen) atoms. The smallest absolute Gasteiger partial charge is 0.162 e. The van der Waals surface area contributed by atoms with Crippen molar-refractivity contribution in [2.24, 2.45) is 5.92 Å². The van der Waals surface area contributed by atoms with E-state index in [-0.39, 0.29) is 0 Å². The van der Waals surface area contributed by atoms with Gasteiger partial charge in [-0.2, -0.15) is 0 Å². The van der Waals surface area contributed by atoms with Gasteiger partial charge in [0.2, 0.25) is 0 Å². The SMILES string of the molecule is C=C1CCC(Cc2c[nH]c(S)n2)CC1. The minimum absolute atomic E-state index is 0.722. The van der Waals surface area contributed by atoms with E-state index in [0.29, 0.717) is 0 Å². The third-order valence-corrected chi connectivity index (χ3v) is 3.16. The molecule has 1 N–H and O–H groups in total. The van der Waals surface area contributed by atoms with Gasteiger partial charge in [0.05, 0.1) is 5.69 Å². The van der Waals surface area contributed by atoms with E-state index in [1.54, 1.807) is 0 Å². The summed E-state index contributed by atoms with van der Waals surface area (Å²) in [5.41, 5.74) is 2.56. The number of hydrogen-bond donors (Lipinski definition) is 2. The number of rotatable bonds is 2. The van der Waals surface area contributed by atoms with Crippen LogP contribution in [0.1, 0.15) is 31.4 Å². The van der Waals surface area contributed by atoms with Crippen molar-refractivity contribution in [1.82, 2.24) is 9.97 Å². The highest BCUT2D eigenvalue weighted by Gasteiger charge is 2.16. The average Bonchev–Trinajstić information content (AvgIpc) is 2.56. The van der Waals surface area contributed by atoms with Crippen LogP contribution in [0.4, 0.5) is 0 Å². The molecule has 1 aromatic rings. The fourth-order valence-electron chi connectivity index (χ4n) is 2.04. The zero-order valence-corrected chi connectivity index (χ0v) is 9.19. The Bertz CT molecular complexity index is 320. The van der Waals surface area contributed by atoms with E-state index in [1.807, 2.05) is 6.20 Å². The van der Waals surface area contributed by atoms with Crippen LogP contribution < -0.4 is 0 Å². The lowest BCUT2D eigenvalue weighted by molar-refractivity contribution is 0.404. The lowest BCUT2D eigenvalue weighted by atomic mass is 9.84. The third kappa shape index (κ3) is 2.41. The van der Waals surface area contributed by atoms with Gasteiger partial charge in [-0.3, -0.25) is 0 Å². The van der Waals surface area contributed by atoms with Crippen LogP contribution in [-0.2, 0) is 6.42 Å². The summed E-state index contributed by atoms with van der Waals surface area (Å²) in [4.78, 5) is 7.31. The molecule has 1 fully saturated rings. The highest BCUT2D eigenvalue weighted by atomic mass is 32.1. The second kappa shape index (κ2) is 4.22. The normalized spacial score (nSPS) is 18.8. The number of H-pyrrole nitrogens is 1. The lowest BCUT2D eigenvalue weighted by Gasteiger charge is -2.22. The average molecular weight is 208 g/mol. The van der Waals surface area contributed by atoms with Crippen LogP contribution in [0.25, 0.3) is 0 Å². The van der Waals surface area contributed by atoms with Crippen molar-refractivity contribution < 1.29 is 0 Å². The zero-order chi connectivity index (χ0) is 9.97. The second-order valence-electron chi connectivity index (χ2n) is 4.11. The quantitative estimate of drug-likeness (QED) is 0.567. The Morgan fingerprint density at radius 1 is 1.50 bits per heavy atom. The Labute approximate surface area is 90.2 Å². The van der Waals surface area contributed by atoms with Crippen molar-refractivity contribution in [3.05, 3.63) is 24.0 Å². The number of aromatic amines is 1. The first-order valence-electron chi connectivity index (χ1n) is 5.14. The van der Waals surface area contributed by atoms with Gasteiger partial charge in [-0.15, -0.1) is 12.6 Å². The van der Waals surface area contributed by atoms with E-state index >= 15 is 0 Å². The van der Waals surface area contributed by atoms with Gasteiger partial charge in [0.15, 0.2) is 5.16 Å². The summed E-state index contributed by atoms with van der Waals surface area (Å²) in [5, 5.41) is 0.722. The maximum Gasteiger partial charge on any atom is 0.162 e. The van der Waals surface area contributed by atoms with Gasteiger partial charge >= 0.3 is 0 Å². The standard InChI is InChI=1S/C11H16N2S/c1-8-2-4-9(5-3-8)6-10-7-12-11(14)13-10/h7,9H,1-6H2,(H2,12,13,14). The summed E-state index contributed by atoms with van der Waals surface area (Å²) >= 11 is 4.16. The molecule has 0 unspecified atom stereocenters. The fraction of sp³-hybridized carbons (Fsp3) is 0.545. The van der Waals surface area contributed by atoms with E-state index in [2.05, 4.69) is 29.2 Å². The van der Waals surface area contributed by atoms with Crippen molar-refractivity contribution in [2.45, 2.75) is 37.3 Å². The van der Waals surface area contributed by atoms with Crippen LogP contribution in [0.15, 0.2) is 23.5 Å². The van der Waals surface area contributed by atoms with Crippen LogP contribution >= 0.6 is 12.6 Å². The predicted octanol–water partition coefficient (Wildman–Crippen LogP) is 2.99. The van der Waals surface area contributed by atoms with Crippen molar-refractivity contribution in [2.75, 3.05) is 0 Å². The van der Waals surface area contributed by atoms with E-state index in [1.165, 1.54) is 31.3 Å². The molecule has 0 atom stereocenters. The minimum Gasteiger partial charge on any atom is -0.340 e. The van der Waals surface area contributed by atoms with Crippen molar-refractivity contribution in [1.29, 1.82) is 0 Å². The Hall–Kier alpha value is -0.700. The Balaban J connectivity index is 1.89. The summed E-state index contributed by atoms with van der Waals surface area (Å²) in [6.07, 6.45) is 7.99. The zero-order valence-electron chi connectivity index (χ0n) is 8.29. The van der Waals surface area contributed by atoms with Gasteiger partial charge in [-0.05, 0) is 38.0 Å². The summed E-state index contributed by atoms with van der Waals surface area (Å²) < 4.78 is 0. The van der Waals surface area contributed by atoms with Crippen molar-refractivity contribution in [3.8, 4) is 0 Å². The molecule has 2 rings (SSSR count). The number of thiol groups is 1. The lowest BCUT2D eigenvalue weighted by Crippen LogP contribution is -2.10. The first-order valence-corrected chi connectivity index (χ1v) is 5.58. The van der Waals surface area contributed by atoms with Gasteiger partial charge < -0.3 is 4.98 Å². The first kappa shape index (κ1) is 9.84. The van der Waals surface area contributed by atoms with E-state index in [4.69, 9.17) is 0 Å². The number of imidazole rings is 1. The molecule has 0 radical (unpaired) electrons. The molecule has 3 heteroatoms. The van der Waals surface area contributed by atoms with Gasteiger partial charge in [-0.25, -0.2) is 4.98 Å². The summed E-state index contributed by atoms with van der Waals surface area (Å²) in [6, 6.07) is 0. The summed E-state index contributed by atoms with van der Waals surface area (Å²) in [7, 11) is 0. The molecular formula is C11H16N2S. The molecule has 0 amide bonds. The number of nitrogens with zero attached hydrogens (tertiary/aromatic N) is 1. The van der Waals surface area contributed by atoms with Crippen molar-refractivity contribution in [3.63, 3.8) is 0 Å². The molecule has 1 aliphatic rings. The van der Waals surface area contributed by atoms with Crippen LogP contribution in [-0.4, -0.2) is 9.97 Å². The van der Waals surface area contributed by atoms with Crippen molar-refractivity contribution >= 4 is 12.6 Å². The summed E-state index contributed by atoms with van der Waals surface area (Å²) in [5.74, 6) is 0.788. The predicted molar refractivity (Wildman–Crippen MR) is 60.6 cm³/mol. The highest BCUT2D eigenvalue weighted by molar-refractivity contribution is 7.80. The monoisotopic (exact) mass is 208 g/mol. The van der Waals surface area contributed by atoms with Crippen LogP contribution in [0, 0.1) is 5.92 Å². The molecule has 1 heterocycles. The molecule has 1 aliphatic carbocycles. The Morgan fingerprint density at radius 2 is 2.21 bits per heavy atom. The molecule has 1 aromatic heterocycles. The van der Waals surface area contributed by atoms with Gasteiger partial charge in [0.25, 0.3) is 0 Å². The number of nitrogens with one attached hydrogen (secondary N) is 1. The molecule has 0 spiro atoms. The third-order valence-electron chi connectivity index (χ3n) is 2.93. The summed E-state index contributed by atoms with van der Waals surface area (Å²) in [6.45, 7) is 4.03. The van der Waals surface area contributed by atoms with Crippen LogP contribution in [0.2, 0.25) is 0 Å². The fourth-order valence-corrected chi connectivity index (χ4v) is 2.23. The molecule has 0 aromatic carbocycles. The largest absolute Gasteiger partial charge is 0.340 e. The second-order valence-corrected chi connectivity index (χ2v) is 4.54. The first-order chi connectivity index (χ1) is 6.74. The Kier molecular flexibility index (Phi) is 2.96. The molecule has 1 saturated carbocycles. The maximum absolute atomic E-state index is 4.31. The molecule has 0 bridgehead atoms. The molecule has 2 nitrogen and oxygen atoms in total. The van der Waals surface area contributed by atoms with Gasteiger partial charge in [-0.1, -0.05) is 12.2 Å².